The lowest BCUT2D eigenvalue weighted by Gasteiger charge is -2.23. The molecule has 3 heterocycles. The second-order valence-electron chi connectivity index (χ2n) is 6.10. The maximum Gasteiger partial charge on any atom is 0.257 e. The second-order valence-corrected chi connectivity index (χ2v) is 8.44. The number of aryl methyl sites for hydroxylation is 1. The molecule has 0 aliphatic carbocycles. The molecule has 1 atom stereocenters. The van der Waals surface area contributed by atoms with Crippen molar-refractivity contribution in [3.8, 4) is 0 Å². The normalized spacial score (nSPS) is 17.5. The van der Waals surface area contributed by atoms with E-state index in [1.54, 1.807) is 17.4 Å². The molecule has 7 heteroatoms. The van der Waals surface area contributed by atoms with Crippen molar-refractivity contribution in [2.75, 3.05) is 12.3 Å². The first kappa shape index (κ1) is 16.9. The van der Waals surface area contributed by atoms with E-state index in [0.717, 1.165) is 36.0 Å². The van der Waals surface area contributed by atoms with Crippen molar-refractivity contribution in [1.29, 1.82) is 0 Å². The van der Waals surface area contributed by atoms with Crippen molar-refractivity contribution < 1.29 is 9.21 Å². The van der Waals surface area contributed by atoms with Gasteiger partial charge in [-0.1, -0.05) is 29.4 Å². The molecule has 2 aromatic heterocycles. The Hall–Kier alpha value is -1.50. The molecule has 130 valence electrons. The topological polar surface area (TPSA) is 46.3 Å². The van der Waals surface area contributed by atoms with E-state index in [9.17, 15) is 4.79 Å². The number of aromatic nitrogens is 1. The van der Waals surface area contributed by atoms with Gasteiger partial charge < -0.3 is 9.32 Å². The molecule has 1 saturated heterocycles. The SMILES string of the molecule is Cc1cc(Cl)cc2nc(SCC(=O)N3CCCC3c3cccs3)oc12. The molecule has 1 unspecified atom stereocenters. The van der Waals surface area contributed by atoms with Crippen molar-refractivity contribution >= 4 is 51.7 Å². The molecule has 0 radical (unpaired) electrons. The molecule has 1 aromatic carbocycles. The number of carbonyl (C=O) groups excluding carboxylic acids is 1. The summed E-state index contributed by atoms with van der Waals surface area (Å²) in [6.45, 7) is 2.76. The zero-order valence-electron chi connectivity index (χ0n) is 13.7. The Balaban J connectivity index is 1.46. The van der Waals surface area contributed by atoms with Gasteiger partial charge in [-0.2, -0.15) is 0 Å². The third-order valence-electron chi connectivity index (χ3n) is 4.38. The largest absolute Gasteiger partial charge is 0.431 e. The Kier molecular flexibility index (Phi) is 4.75. The van der Waals surface area contributed by atoms with Gasteiger partial charge in [0.15, 0.2) is 5.58 Å². The number of amides is 1. The van der Waals surface area contributed by atoms with Gasteiger partial charge in [0.05, 0.1) is 11.8 Å². The van der Waals surface area contributed by atoms with Gasteiger partial charge >= 0.3 is 0 Å². The fourth-order valence-corrected chi connectivity index (χ4v) is 5.11. The van der Waals surface area contributed by atoms with E-state index in [1.165, 1.54) is 16.6 Å². The molecule has 1 aliphatic rings. The van der Waals surface area contributed by atoms with Crippen molar-refractivity contribution in [2.45, 2.75) is 31.0 Å². The quantitative estimate of drug-likeness (QED) is 0.564. The van der Waals surface area contributed by atoms with E-state index in [-0.39, 0.29) is 11.9 Å². The van der Waals surface area contributed by atoms with Gasteiger partial charge in [-0.05, 0) is 48.9 Å². The summed E-state index contributed by atoms with van der Waals surface area (Å²) in [7, 11) is 0. The minimum atomic E-state index is 0.137. The molecule has 0 bridgehead atoms. The number of benzene rings is 1. The van der Waals surface area contributed by atoms with Gasteiger partial charge in [-0.25, -0.2) is 4.98 Å². The van der Waals surface area contributed by atoms with Crippen LogP contribution in [0.4, 0.5) is 0 Å². The highest BCUT2D eigenvalue weighted by atomic mass is 35.5. The van der Waals surface area contributed by atoms with Gasteiger partial charge in [0.2, 0.25) is 5.91 Å². The summed E-state index contributed by atoms with van der Waals surface area (Å²) >= 11 is 9.13. The molecule has 25 heavy (non-hydrogen) atoms. The van der Waals surface area contributed by atoms with Gasteiger partial charge in [0.25, 0.3) is 5.22 Å². The Morgan fingerprint density at radius 2 is 2.40 bits per heavy atom. The van der Waals surface area contributed by atoms with Crippen LogP contribution in [0.15, 0.2) is 39.3 Å². The second kappa shape index (κ2) is 7.02. The lowest BCUT2D eigenvalue weighted by molar-refractivity contribution is -0.129. The molecular weight excluding hydrogens is 376 g/mol. The van der Waals surface area contributed by atoms with Crippen molar-refractivity contribution in [3.05, 3.63) is 45.1 Å². The number of oxazole rings is 1. The molecule has 1 amide bonds. The minimum absolute atomic E-state index is 0.137. The molecule has 0 N–H and O–H groups in total. The summed E-state index contributed by atoms with van der Waals surface area (Å²) in [5.74, 6) is 0.472. The predicted octanol–water partition coefficient (Wildman–Crippen LogP) is 5.31. The summed E-state index contributed by atoms with van der Waals surface area (Å²) < 4.78 is 5.79. The van der Waals surface area contributed by atoms with Crippen LogP contribution in [-0.2, 0) is 4.79 Å². The number of hydrogen-bond donors (Lipinski definition) is 0. The standard InChI is InChI=1S/C18H17ClN2O2S2/c1-11-8-12(19)9-13-17(11)23-18(20-13)25-10-16(22)21-6-2-4-14(21)15-5-3-7-24-15/h3,5,7-9,14H,2,4,6,10H2,1H3. The highest BCUT2D eigenvalue weighted by Crippen LogP contribution is 2.35. The first-order chi connectivity index (χ1) is 12.1. The maximum absolute atomic E-state index is 12.7. The molecule has 1 fully saturated rings. The van der Waals surface area contributed by atoms with Crippen LogP contribution in [0.25, 0.3) is 11.1 Å². The zero-order chi connectivity index (χ0) is 17.4. The van der Waals surface area contributed by atoms with Crippen molar-refractivity contribution in [3.63, 3.8) is 0 Å². The number of hydrogen-bond acceptors (Lipinski definition) is 5. The number of halogens is 1. The monoisotopic (exact) mass is 392 g/mol. The number of thiophene rings is 1. The summed E-state index contributed by atoms with van der Waals surface area (Å²) in [6, 6.07) is 8.01. The van der Waals surface area contributed by atoms with Crippen LogP contribution in [0.3, 0.4) is 0 Å². The predicted molar refractivity (Wildman–Crippen MR) is 102 cm³/mol. The van der Waals surface area contributed by atoms with Crippen LogP contribution in [0.1, 0.15) is 29.3 Å². The lowest BCUT2D eigenvalue weighted by Crippen LogP contribution is -2.31. The smallest absolute Gasteiger partial charge is 0.257 e. The van der Waals surface area contributed by atoms with Crippen LogP contribution in [0, 0.1) is 6.92 Å². The summed E-state index contributed by atoms with van der Waals surface area (Å²) in [5.41, 5.74) is 2.42. The Morgan fingerprint density at radius 3 is 3.20 bits per heavy atom. The van der Waals surface area contributed by atoms with Gasteiger partial charge in [0.1, 0.15) is 5.52 Å². The average Bonchev–Trinajstić information content (AvgIpc) is 3.30. The number of rotatable bonds is 4. The summed E-state index contributed by atoms with van der Waals surface area (Å²) in [5, 5.41) is 3.22. The number of likely N-dealkylation sites (tertiary alicyclic amines) is 1. The molecule has 0 saturated carbocycles. The molecule has 4 nitrogen and oxygen atoms in total. The third kappa shape index (κ3) is 3.43. The van der Waals surface area contributed by atoms with E-state index in [2.05, 4.69) is 16.4 Å². The zero-order valence-corrected chi connectivity index (χ0v) is 16.1. The van der Waals surface area contributed by atoms with E-state index >= 15 is 0 Å². The van der Waals surface area contributed by atoms with Crippen molar-refractivity contribution in [2.24, 2.45) is 0 Å². The molecule has 1 aliphatic heterocycles. The van der Waals surface area contributed by atoms with E-state index in [4.69, 9.17) is 16.0 Å². The third-order valence-corrected chi connectivity index (χ3v) is 6.39. The number of nitrogens with zero attached hydrogens (tertiary/aromatic N) is 2. The molecule has 0 spiro atoms. The fourth-order valence-electron chi connectivity index (χ4n) is 3.25. The molecule has 4 rings (SSSR count). The highest BCUT2D eigenvalue weighted by molar-refractivity contribution is 7.99. The molecule has 3 aromatic rings. The Morgan fingerprint density at radius 1 is 1.52 bits per heavy atom. The Bertz CT molecular complexity index is 907. The molecular formula is C18H17ClN2O2S2. The van der Waals surface area contributed by atoms with Gasteiger partial charge in [-0.15, -0.1) is 11.3 Å². The van der Waals surface area contributed by atoms with Crippen LogP contribution < -0.4 is 0 Å². The minimum Gasteiger partial charge on any atom is -0.431 e. The summed E-state index contributed by atoms with van der Waals surface area (Å²) in [4.78, 5) is 20.4. The van der Waals surface area contributed by atoms with E-state index < -0.39 is 0 Å². The van der Waals surface area contributed by atoms with Crippen molar-refractivity contribution in [1.82, 2.24) is 9.88 Å². The lowest BCUT2D eigenvalue weighted by atomic mass is 10.2. The maximum atomic E-state index is 12.7. The van der Waals surface area contributed by atoms with E-state index in [0.29, 0.717) is 16.0 Å². The van der Waals surface area contributed by atoms with Crippen LogP contribution >= 0.6 is 34.7 Å². The summed E-state index contributed by atoms with van der Waals surface area (Å²) in [6.07, 6.45) is 2.09. The van der Waals surface area contributed by atoms with Crippen LogP contribution in [0.2, 0.25) is 5.02 Å². The van der Waals surface area contributed by atoms with Crippen LogP contribution in [-0.4, -0.2) is 28.1 Å². The average molecular weight is 393 g/mol. The number of fused-ring (bicyclic) bond motifs is 1. The van der Waals surface area contributed by atoms with Gasteiger partial charge in [-0.3, -0.25) is 4.79 Å². The number of thioether (sulfide) groups is 1. The first-order valence-electron chi connectivity index (χ1n) is 8.14. The first-order valence-corrected chi connectivity index (χ1v) is 10.4. The van der Waals surface area contributed by atoms with E-state index in [1.807, 2.05) is 24.0 Å². The van der Waals surface area contributed by atoms with Crippen LogP contribution in [0.5, 0.6) is 0 Å². The number of carbonyl (C=O) groups is 1. The fraction of sp³-hybridized carbons (Fsp3) is 0.333. The highest BCUT2D eigenvalue weighted by Gasteiger charge is 2.30. The Labute approximate surface area is 159 Å². The van der Waals surface area contributed by atoms with Gasteiger partial charge in [0, 0.05) is 16.4 Å².